The third-order valence-electron chi connectivity index (χ3n) is 1.84. The number of rotatable bonds is 3. The van der Waals surface area contributed by atoms with Crippen molar-refractivity contribution in [2.45, 2.75) is 26.8 Å². The summed E-state index contributed by atoms with van der Waals surface area (Å²) in [6.07, 6.45) is 2.42. The minimum absolute atomic E-state index is 0.00116. The molecule has 0 amide bonds. The van der Waals surface area contributed by atoms with Crippen molar-refractivity contribution in [1.82, 2.24) is 9.55 Å². The lowest BCUT2D eigenvalue weighted by atomic mass is 10.3. The summed E-state index contributed by atoms with van der Waals surface area (Å²) in [6.45, 7) is 3.88. The molecule has 12 heavy (non-hydrogen) atoms. The molecule has 0 bridgehead atoms. The Morgan fingerprint density at radius 2 is 2.42 bits per heavy atom. The first kappa shape index (κ1) is 8.77. The van der Waals surface area contributed by atoms with Gasteiger partial charge in [-0.25, -0.2) is 4.98 Å². The summed E-state index contributed by atoms with van der Waals surface area (Å²) in [5.41, 5.74) is 1.91. The third-order valence-corrected chi connectivity index (χ3v) is 1.84. The third kappa shape index (κ3) is 1.64. The van der Waals surface area contributed by atoms with Crippen LogP contribution in [0, 0.1) is 6.92 Å². The Kier molecular flexibility index (Phi) is 2.47. The molecule has 0 aromatic carbocycles. The van der Waals surface area contributed by atoms with Crippen molar-refractivity contribution < 1.29 is 9.90 Å². The van der Waals surface area contributed by atoms with Crippen molar-refractivity contribution in [1.29, 1.82) is 0 Å². The van der Waals surface area contributed by atoms with Gasteiger partial charge in [-0.05, 0) is 13.3 Å². The Hall–Kier alpha value is -1.32. The first-order chi connectivity index (χ1) is 5.65. The van der Waals surface area contributed by atoms with Crippen LogP contribution in [0.5, 0.6) is 0 Å². The van der Waals surface area contributed by atoms with Crippen LogP contribution in [0.4, 0.5) is 0 Å². The Morgan fingerprint density at radius 1 is 1.75 bits per heavy atom. The van der Waals surface area contributed by atoms with Gasteiger partial charge in [0.1, 0.15) is 6.54 Å². The molecule has 0 aliphatic heterocycles. The number of imidazole rings is 1. The molecule has 0 atom stereocenters. The quantitative estimate of drug-likeness (QED) is 0.727. The molecule has 1 N–H and O–H groups in total. The summed E-state index contributed by atoms with van der Waals surface area (Å²) in [5.74, 6) is -0.835. The highest BCUT2D eigenvalue weighted by Gasteiger charge is 2.06. The van der Waals surface area contributed by atoms with Gasteiger partial charge in [-0.3, -0.25) is 4.79 Å². The van der Waals surface area contributed by atoms with Gasteiger partial charge in [-0.2, -0.15) is 0 Å². The fraction of sp³-hybridized carbons (Fsp3) is 0.500. The van der Waals surface area contributed by atoms with Gasteiger partial charge in [0.05, 0.1) is 12.0 Å². The Bertz CT molecular complexity index is 291. The van der Waals surface area contributed by atoms with Gasteiger partial charge in [0.2, 0.25) is 0 Å². The van der Waals surface area contributed by atoms with Crippen LogP contribution in [-0.2, 0) is 17.8 Å². The van der Waals surface area contributed by atoms with Crippen LogP contribution in [0.1, 0.15) is 18.3 Å². The largest absolute Gasteiger partial charge is 0.480 e. The predicted octanol–water partition coefficient (Wildman–Crippen LogP) is 0.839. The number of carboxylic acid groups (broad SMARTS) is 1. The summed E-state index contributed by atoms with van der Waals surface area (Å²) in [6, 6.07) is 0. The van der Waals surface area contributed by atoms with E-state index in [2.05, 4.69) is 4.98 Å². The minimum Gasteiger partial charge on any atom is -0.480 e. The number of carboxylic acids is 1. The number of aromatic nitrogens is 2. The molecule has 4 heteroatoms. The van der Waals surface area contributed by atoms with Crippen LogP contribution >= 0.6 is 0 Å². The van der Waals surface area contributed by atoms with Crippen LogP contribution in [0.3, 0.4) is 0 Å². The number of hydrogen-bond donors (Lipinski definition) is 1. The van der Waals surface area contributed by atoms with Gasteiger partial charge in [-0.1, -0.05) is 6.92 Å². The lowest BCUT2D eigenvalue weighted by molar-refractivity contribution is -0.137. The van der Waals surface area contributed by atoms with E-state index in [9.17, 15) is 4.79 Å². The molecule has 1 aromatic rings. The van der Waals surface area contributed by atoms with Crippen molar-refractivity contribution in [2.24, 2.45) is 0 Å². The molecular weight excluding hydrogens is 156 g/mol. The molecule has 1 heterocycles. The molecule has 0 unspecified atom stereocenters. The monoisotopic (exact) mass is 168 g/mol. The molecule has 66 valence electrons. The fourth-order valence-electron chi connectivity index (χ4n) is 1.14. The highest BCUT2D eigenvalue weighted by molar-refractivity contribution is 5.66. The average Bonchev–Trinajstić information content (AvgIpc) is 2.32. The Balaban J connectivity index is 2.87. The van der Waals surface area contributed by atoms with Crippen molar-refractivity contribution in [2.75, 3.05) is 0 Å². The summed E-state index contributed by atoms with van der Waals surface area (Å²) in [4.78, 5) is 14.5. The molecule has 0 aliphatic rings. The number of aryl methyl sites for hydroxylation is 1. The lowest BCUT2D eigenvalue weighted by Gasteiger charge is -2.00. The molecule has 0 aliphatic carbocycles. The second-order valence-corrected chi connectivity index (χ2v) is 2.65. The van der Waals surface area contributed by atoms with E-state index in [0.717, 1.165) is 17.8 Å². The molecule has 0 saturated heterocycles. The van der Waals surface area contributed by atoms with Gasteiger partial charge < -0.3 is 9.67 Å². The standard InChI is InChI=1S/C8H12N2O2/c1-3-7-6(2)10(5-9-7)4-8(11)12/h5H,3-4H2,1-2H3,(H,11,12). The summed E-state index contributed by atoms with van der Waals surface area (Å²) >= 11 is 0. The summed E-state index contributed by atoms with van der Waals surface area (Å²) in [5, 5.41) is 8.52. The van der Waals surface area contributed by atoms with E-state index in [-0.39, 0.29) is 6.54 Å². The second-order valence-electron chi connectivity index (χ2n) is 2.65. The Morgan fingerprint density at radius 3 is 2.83 bits per heavy atom. The number of nitrogens with zero attached hydrogens (tertiary/aromatic N) is 2. The van der Waals surface area contributed by atoms with E-state index in [4.69, 9.17) is 5.11 Å². The van der Waals surface area contributed by atoms with E-state index >= 15 is 0 Å². The molecule has 0 fully saturated rings. The number of aliphatic carboxylic acids is 1. The first-order valence-corrected chi connectivity index (χ1v) is 3.87. The zero-order chi connectivity index (χ0) is 9.14. The number of carbonyl (C=O) groups is 1. The highest BCUT2D eigenvalue weighted by atomic mass is 16.4. The second kappa shape index (κ2) is 3.38. The molecule has 4 nitrogen and oxygen atoms in total. The van der Waals surface area contributed by atoms with E-state index in [0.29, 0.717) is 0 Å². The SMILES string of the molecule is CCc1ncn(CC(=O)O)c1C. The maximum Gasteiger partial charge on any atom is 0.323 e. The van der Waals surface area contributed by atoms with Crippen LogP contribution in [0.25, 0.3) is 0 Å². The van der Waals surface area contributed by atoms with Crippen molar-refractivity contribution >= 4 is 5.97 Å². The minimum atomic E-state index is -0.835. The molecule has 1 aromatic heterocycles. The Labute approximate surface area is 70.9 Å². The molecule has 0 saturated carbocycles. The van der Waals surface area contributed by atoms with Crippen LogP contribution in [-0.4, -0.2) is 20.6 Å². The fourth-order valence-corrected chi connectivity index (χ4v) is 1.14. The normalized spacial score (nSPS) is 10.2. The van der Waals surface area contributed by atoms with E-state index in [1.54, 1.807) is 10.9 Å². The van der Waals surface area contributed by atoms with E-state index in [1.165, 1.54) is 0 Å². The lowest BCUT2D eigenvalue weighted by Crippen LogP contribution is -2.09. The zero-order valence-electron chi connectivity index (χ0n) is 7.24. The van der Waals surface area contributed by atoms with Gasteiger partial charge in [0.25, 0.3) is 0 Å². The van der Waals surface area contributed by atoms with Gasteiger partial charge in [0, 0.05) is 5.69 Å². The highest BCUT2D eigenvalue weighted by Crippen LogP contribution is 2.05. The molecule has 1 rings (SSSR count). The van der Waals surface area contributed by atoms with Gasteiger partial charge in [0.15, 0.2) is 0 Å². The van der Waals surface area contributed by atoms with Crippen LogP contribution < -0.4 is 0 Å². The maximum atomic E-state index is 10.4. The molecule has 0 spiro atoms. The van der Waals surface area contributed by atoms with Crippen molar-refractivity contribution in [3.63, 3.8) is 0 Å². The van der Waals surface area contributed by atoms with Crippen LogP contribution in [0.15, 0.2) is 6.33 Å². The molecule has 0 radical (unpaired) electrons. The zero-order valence-corrected chi connectivity index (χ0v) is 7.24. The first-order valence-electron chi connectivity index (χ1n) is 3.87. The predicted molar refractivity (Wildman–Crippen MR) is 44.0 cm³/mol. The van der Waals surface area contributed by atoms with Gasteiger partial charge >= 0.3 is 5.97 Å². The van der Waals surface area contributed by atoms with Crippen molar-refractivity contribution in [3.05, 3.63) is 17.7 Å². The number of hydrogen-bond acceptors (Lipinski definition) is 2. The molecular formula is C8H12N2O2. The smallest absolute Gasteiger partial charge is 0.323 e. The van der Waals surface area contributed by atoms with E-state index < -0.39 is 5.97 Å². The van der Waals surface area contributed by atoms with Gasteiger partial charge in [-0.15, -0.1) is 0 Å². The van der Waals surface area contributed by atoms with E-state index in [1.807, 2.05) is 13.8 Å². The van der Waals surface area contributed by atoms with Crippen LogP contribution in [0.2, 0.25) is 0 Å². The summed E-state index contributed by atoms with van der Waals surface area (Å²) in [7, 11) is 0. The average molecular weight is 168 g/mol. The van der Waals surface area contributed by atoms with Crippen molar-refractivity contribution in [3.8, 4) is 0 Å². The maximum absolute atomic E-state index is 10.4. The summed E-state index contributed by atoms with van der Waals surface area (Å²) < 4.78 is 1.64. The topological polar surface area (TPSA) is 55.1 Å².